The molecule has 2 unspecified atom stereocenters. The molecule has 0 spiro atoms. The van der Waals surface area contributed by atoms with Crippen LogP contribution in [0.5, 0.6) is 0 Å². The summed E-state index contributed by atoms with van der Waals surface area (Å²) in [7, 11) is 0. The first-order chi connectivity index (χ1) is 13.5. The molecule has 0 saturated carbocycles. The topological polar surface area (TPSA) is 187 Å². The van der Waals surface area contributed by atoms with E-state index in [1.165, 1.54) is 6.92 Å². The summed E-state index contributed by atoms with van der Waals surface area (Å²) in [6.07, 6.45) is 0.785. The second-order valence-electron chi connectivity index (χ2n) is 5.08. The van der Waals surface area contributed by atoms with Gasteiger partial charge in [-0.3, -0.25) is 9.59 Å². The van der Waals surface area contributed by atoms with Gasteiger partial charge < -0.3 is 39.7 Å². The highest BCUT2D eigenvalue weighted by Gasteiger charge is 2.26. The smallest absolute Gasteiger partial charge is 0.330 e. The highest BCUT2D eigenvalue weighted by Crippen LogP contribution is 2.12. The van der Waals surface area contributed by atoms with Gasteiger partial charge in [0.15, 0.2) is 0 Å². The van der Waals surface area contributed by atoms with Gasteiger partial charge in [-0.05, 0) is 6.92 Å². The zero-order chi connectivity index (χ0) is 23.2. The van der Waals surface area contributed by atoms with E-state index in [-0.39, 0.29) is 30.3 Å². The van der Waals surface area contributed by atoms with Crippen LogP contribution in [0.15, 0.2) is 12.2 Å². The van der Waals surface area contributed by atoms with E-state index in [2.05, 4.69) is 31.8 Å². The number of thiol groups is 2. The molecule has 0 amide bonds. The molecule has 0 aromatic carbocycles. The fraction of sp³-hybridized carbons (Fsp3) is 0.688. The standard InChI is InChI=1S/C6H10O3.C4H6O2.2C2H4O2S.C2H6O2/c1(5-3-8-5)7-2-6-4-9-6;1-3(2)4(5)6;2*3-2(4)1-5;3-1-2-4/h5-6H,1-4H2;1H2,2H3,(H,5,6);2*5H,1H2,(H,3,4);3-4H,1-2H2. The molecule has 13 heteroatoms. The van der Waals surface area contributed by atoms with Gasteiger partial charge in [0.1, 0.15) is 12.2 Å². The summed E-state index contributed by atoms with van der Waals surface area (Å²) in [6.45, 7) is 7.61. The molecule has 2 aliphatic heterocycles. The Hall–Kier alpha value is -1.35. The van der Waals surface area contributed by atoms with Crippen LogP contribution in [-0.4, -0.2) is 107 Å². The van der Waals surface area contributed by atoms with Crippen LogP contribution < -0.4 is 0 Å². The first kappa shape index (κ1) is 32.3. The number of carboxylic acid groups (broad SMARTS) is 3. The maximum Gasteiger partial charge on any atom is 0.330 e. The van der Waals surface area contributed by atoms with E-state index < -0.39 is 17.9 Å². The van der Waals surface area contributed by atoms with E-state index in [4.69, 9.17) is 39.7 Å². The molecular weight excluding hydrogens is 432 g/mol. The Morgan fingerprint density at radius 1 is 0.931 bits per heavy atom. The Morgan fingerprint density at radius 2 is 1.17 bits per heavy atom. The second kappa shape index (κ2) is 22.9. The van der Waals surface area contributed by atoms with E-state index in [9.17, 15) is 14.4 Å². The van der Waals surface area contributed by atoms with Crippen LogP contribution in [0.1, 0.15) is 6.92 Å². The molecule has 0 aliphatic carbocycles. The largest absolute Gasteiger partial charge is 0.481 e. The number of carbonyl (C=O) groups is 3. The lowest BCUT2D eigenvalue weighted by Gasteiger charge is -1.95. The van der Waals surface area contributed by atoms with Crippen molar-refractivity contribution < 1.29 is 54.1 Å². The van der Waals surface area contributed by atoms with Crippen LogP contribution >= 0.6 is 25.3 Å². The minimum Gasteiger partial charge on any atom is -0.481 e. The van der Waals surface area contributed by atoms with Gasteiger partial charge in [-0.1, -0.05) is 6.58 Å². The molecule has 0 aromatic heterocycles. The van der Waals surface area contributed by atoms with Crippen LogP contribution in [0.4, 0.5) is 0 Å². The van der Waals surface area contributed by atoms with Crippen LogP contribution in [0.25, 0.3) is 0 Å². The fourth-order valence-corrected chi connectivity index (χ4v) is 0.659. The number of aliphatic carboxylic acids is 3. The van der Waals surface area contributed by atoms with Crippen molar-refractivity contribution in [3.63, 3.8) is 0 Å². The lowest BCUT2D eigenvalue weighted by atomic mass is 10.4. The highest BCUT2D eigenvalue weighted by atomic mass is 32.1. The van der Waals surface area contributed by atoms with Gasteiger partial charge in [-0.25, -0.2) is 4.79 Å². The number of rotatable bonds is 8. The zero-order valence-electron chi connectivity index (χ0n) is 16.1. The molecule has 29 heavy (non-hydrogen) atoms. The maximum atomic E-state index is 9.60. The van der Waals surface area contributed by atoms with Crippen LogP contribution in [-0.2, 0) is 28.6 Å². The Morgan fingerprint density at radius 3 is 1.28 bits per heavy atom. The highest BCUT2D eigenvalue weighted by molar-refractivity contribution is 7.81. The van der Waals surface area contributed by atoms with Crippen molar-refractivity contribution in [1.82, 2.24) is 0 Å². The van der Waals surface area contributed by atoms with E-state index in [0.717, 1.165) is 26.4 Å². The molecule has 2 fully saturated rings. The normalized spacial score (nSPS) is 17.1. The summed E-state index contributed by atoms with van der Waals surface area (Å²) >= 11 is 6.83. The molecule has 0 radical (unpaired) electrons. The van der Waals surface area contributed by atoms with Crippen molar-refractivity contribution in [2.24, 2.45) is 0 Å². The Kier molecular flexibility index (Phi) is 25.6. The van der Waals surface area contributed by atoms with Gasteiger partial charge >= 0.3 is 17.9 Å². The summed E-state index contributed by atoms with van der Waals surface area (Å²) in [4.78, 5) is 28.2. The molecular formula is C16H30O11S2. The molecule has 11 nitrogen and oxygen atoms in total. The molecule has 172 valence electrons. The molecule has 0 bridgehead atoms. The zero-order valence-corrected chi connectivity index (χ0v) is 17.9. The van der Waals surface area contributed by atoms with Gasteiger partial charge in [-0.15, -0.1) is 0 Å². The molecule has 5 N–H and O–H groups in total. The third-order valence-corrected chi connectivity index (χ3v) is 2.69. The lowest BCUT2D eigenvalue weighted by molar-refractivity contribution is -0.134. The van der Waals surface area contributed by atoms with Gasteiger partial charge in [-0.2, -0.15) is 25.3 Å². The Bertz CT molecular complexity index is 412. The summed E-state index contributed by atoms with van der Waals surface area (Å²) in [5.74, 6) is -2.86. The van der Waals surface area contributed by atoms with Crippen LogP contribution in [0.2, 0.25) is 0 Å². The SMILES string of the molecule is C(OCC1CO1)C1CO1.C=C(C)C(=O)O.O=C(O)CS.O=C(O)CS.OCCO. The van der Waals surface area contributed by atoms with Gasteiger partial charge in [0.2, 0.25) is 0 Å². The van der Waals surface area contributed by atoms with E-state index in [0.29, 0.717) is 12.2 Å². The average molecular weight is 463 g/mol. The molecule has 2 aliphatic rings. The molecule has 2 atom stereocenters. The minimum absolute atomic E-state index is 0.0833. The summed E-state index contributed by atoms with van der Waals surface area (Å²) < 4.78 is 15.1. The Labute approximate surface area is 180 Å². The van der Waals surface area contributed by atoms with E-state index in [1.54, 1.807) is 0 Å². The van der Waals surface area contributed by atoms with E-state index in [1.807, 2.05) is 0 Å². The first-order valence-electron chi connectivity index (χ1n) is 8.12. The lowest BCUT2D eigenvalue weighted by Crippen LogP contribution is -2.06. The maximum absolute atomic E-state index is 9.60. The van der Waals surface area contributed by atoms with Crippen LogP contribution in [0.3, 0.4) is 0 Å². The third kappa shape index (κ3) is 41.9. The number of hydrogen-bond donors (Lipinski definition) is 7. The fourth-order valence-electron chi connectivity index (χ4n) is 0.659. The second-order valence-corrected chi connectivity index (χ2v) is 5.72. The summed E-state index contributed by atoms with van der Waals surface area (Å²) in [6, 6.07) is 0. The van der Waals surface area contributed by atoms with Crippen molar-refractivity contribution in [1.29, 1.82) is 0 Å². The number of aliphatic hydroxyl groups is 2. The number of epoxide rings is 2. The van der Waals surface area contributed by atoms with Gasteiger partial charge in [0, 0.05) is 5.57 Å². The predicted octanol–water partition coefficient (Wildman–Crippen LogP) is -0.580. The summed E-state index contributed by atoms with van der Waals surface area (Å²) in [5, 5.41) is 38.4. The summed E-state index contributed by atoms with van der Waals surface area (Å²) in [5.41, 5.74) is 0.176. The monoisotopic (exact) mass is 462 g/mol. The van der Waals surface area contributed by atoms with E-state index >= 15 is 0 Å². The van der Waals surface area contributed by atoms with Crippen molar-refractivity contribution >= 4 is 43.2 Å². The number of ether oxygens (including phenoxy) is 3. The quantitative estimate of drug-likeness (QED) is 0.139. The average Bonchev–Trinajstić information content (AvgIpc) is 3.59. The van der Waals surface area contributed by atoms with Crippen molar-refractivity contribution in [2.45, 2.75) is 19.1 Å². The first-order valence-corrected chi connectivity index (χ1v) is 9.38. The van der Waals surface area contributed by atoms with Crippen LogP contribution in [0, 0.1) is 0 Å². The molecule has 2 heterocycles. The molecule has 0 aromatic rings. The van der Waals surface area contributed by atoms with Crippen molar-refractivity contribution in [3.8, 4) is 0 Å². The minimum atomic E-state index is -0.935. The number of carboxylic acids is 3. The number of hydrogen-bond acceptors (Lipinski definition) is 10. The Balaban J connectivity index is -0.000000304. The third-order valence-electron chi connectivity index (χ3n) is 2.15. The predicted molar refractivity (Wildman–Crippen MR) is 110 cm³/mol. The number of aliphatic hydroxyl groups excluding tert-OH is 2. The van der Waals surface area contributed by atoms with Crippen molar-refractivity contribution in [3.05, 3.63) is 12.2 Å². The van der Waals surface area contributed by atoms with Crippen molar-refractivity contribution in [2.75, 3.05) is 51.1 Å². The molecule has 2 rings (SSSR count). The molecule has 2 saturated heterocycles. The van der Waals surface area contributed by atoms with Gasteiger partial charge in [0.05, 0.1) is 51.1 Å². The van der Waals surface area contributed by atoms with Gasteiger partial charge in [0.25, 0.3) is 0 Å².